The van der Waals surface area contributed by atoms with Crippen LogP contribution in [-0.4, -0.2) is 62.7 Å². The molecule has 0 rings (SSSR count). The SMILES string of the molecule is COC(C)CO.[Ca+2].[H-].[H-]. The number of rotatable bonds is 2. The minimum absolute atomic E-state index is 0. The van der Waals surface area contributed by atoms with E-state index in [2.05, 4.69) is 4.74 Å². The van der Waals surface area contributed by atoms with Gasteiger partial charge in [-0.15, -0.1) is 0 Å². The van der Waals surface area contributed by atoms with Gasteiger partial charge in [0.15, 0.2) is 0 Å². The largest absolute Gasteiger partial charge is 2.00 e. The van der Waals surface area contributed by atoms with Crippen LogP contribution in [0.5, 0.6) is 0 Å². The van der Waals surface area contributed by atoms with Crippen molar-refractivity contribution in [3.05, 3.63) is 0 Å². The zero-order chi connectivity index (χ0) is 4.99. The Bertz CT molecular complexity index is 35.7. The first-order valence-electron chi connectivity index (χ1n) is 1.95. The van der Waals surface area contributed by atoms with E-state index in [0.717, 1.165) is 0 Å². The second-order valence-electron chi connectivity index (χ2n) is 1.23. The summed E-state index contributed by atoms with van der Waals surface area (Å²) in [7, 11) is 1.57. The van der Waals surface area contributed by atoms with E-state index >= 15 is 0 Å². The Kier molecular flexibility index (Phi) is 11.3. The first-order valence-corrected chi connectivity index (χ1v) is 1.95. The smallest absolute Gasteiger partial charge is 1.00 e. The number of aliphatic hydroxyl groups excluding tert-OH is 1. The molecule has 42 valence electrons. The van der Waals surface area contributed by atoms with Crippen LogP contribution in [0.4, 0.5) is 0 Å². The summed E-state index contributed by atoms with van der Waals surface area (Å²) < 4.78 is 4.65. The summed E-state index contributed by atoms with van der Waals surface area (Å²) in [6.07, 6.45) is -0.00926. The van der Waals surface area contributed by atoms with Crippen molar-refractivity contribution in [1.82, 2.24) is 0 Å². The second kappa shape index (κ2) is 7.18. The number of methoxy groups -OCH3 is 1. The third-order valence-corrected chi connectivity index (χ3v) is 0.659. The van der Waals surface area contributed by atoms with Crippen molar-refractivity contribution in [2.24, 2.45) is 0 Å². The molecule has 1 N–H and O–H groups in total. The molecule has 3 heteroatoms. The molecule has 2 nitrogen and oxygen atoms in total. The van der Waals surface area contributed by atoms with Crippen molar-refractivity contribution < 1.29 is 12.7 Å². The Hall–Kier alpha value is 1.18. The molecular formula is C4H12CaO2. The number of aliphatic hydroxyl groups is 1. The van der Waals surface area contributed by atoms with Gasteiger partial charge in [-0.1, -0.05) is 0 Å². The van der Waals surface area contributed by atoms with Crippen LogP contribution in [0.1, 0.15) is 9.78 Å². The van der Waals surface area contributed by atoms with Crippen LogP contribution < -0.4 is 0 Å². The van der Waals surface area contributed by atoms with Gasteiger partial charge in [0.1, 0.15) is 0 Å². The van der Waals surface area contributed by atoms with Crippen molar-refractivity contribution in [1.29, 1.82) is 0 Å². The molecule has 0 aliphatic carbocycles. The Balaban J connectivity index is -0.0000000417. The molecule has 0 aliphatic rings. The van der Waals surface area contributed by atoms with E-state index in [-0.39, 0.29) is 53.3 Å². The zero-order valence-corrected chi connectivity index (χ0v) is 7.06. The normalized spacial score (nSPS) is 12.4. The minimum Gasteiger partial charge on any atom is -1.00 e. The third kappa shape index (κ3) is 7.18. The summed E-state index contributed by atoms with van der Waals surface area (Å²) in [6, 6.07) is 0. The van der Waals surface area contributed by atoms with Crippen LogP contribution in [0.15, 0.2) is 0 Å². The van der Waals surface area contributed by atoms with Gasteiger partial charge in [-0.05, 0) is 6.92 Å². The molecular weight excluding hydrogens is 120 g/mol. The number of hydrogen-bond donors (Lipinski definition) is 1. The van der Waals surface area contributed by atoms with Crippen molar-refractivity contribution >= 4 is 37.7 Å². The van der Waals surface area contributed by atoms with Crippen LogP contribution in [0.2, 0.25) is 0 Å². The van der Waals surface area contributed by atoms with E-state index in [4.69, 9.17) is 5.11 Å². The molecule has 0 fully saturated rings. The van der Waals surface area contributed by atoms with E-state index < -0.39 is 0 Å². The fourth-order valence-electron chi connectivity index (χ4n) is 0.0745. The number of hydrogen-bond acceptors (Lipinski definition) is 2. The average Bonchev–Trinajstić information content (AvgIpc) is 1.65. The topological polar surface area (TPSA) is 29.5 Å². The van der Waals surface area contributed by atoms with Gasteiger partial charge in [0.2, 0.25) is 0 Å². The van der Waals surface area contributed by atoms with Crippen molar-refractivity contribution in [2.45, 2.75) is 13.0 Å². The predicted octanol–water partition coefficient (Wildman–Crippen LogP) is -0.142. The molecule has 0 radical (unpaired) electrons. The molecule has 0 aliphatic heterocycles. The Morgan fingerprint density at radius 3 is 2.29 bits per heavy atom. The van der Waals surface area contributed by atoms with E-state index in [0.29, 0.717) is 0 Å². The molecule has 0 saturated heterocycles. The molecule has 0 bridgehead atoms. The molecule has 1 atom stereocenters. The second-order valence-corrected chi connectivity index (χ2v) is 1.23. The fourth-order valence-corrected chi connectivity index (χ4v) is 0.0745. The summed E-state index contributed by atoms with van der Waals surface area (Å²) in [5, 5.41) is 8.21. The first kappa shape index (κ1) is 11.0. The fraction of sp³-hybridized carbons (Fsp3) is 1.00. The Labute approximate surface area is 76.8 Å². The van der Waals surface area contributed by atoms with Gasteiger partial charge in [-0.2, -0.15) is 0 Å². The summed E-state index contributed by atoms with van der Waals surface area (Å²) in [5.74, 6) is 0. The van der Waals surface area contributed by atoms with Crippen molar-refractivity contribution in [2.75, 3.05) is 13.7 Å². The maximum Gasteiger partial charge on any atom is 2.00 e. The van der Waals surface area contributed by atoms with E-state index in [1.54, 1.807) is 14.0 Å². The van der Waals surface area contributed by atoms with Crippen molar-refractivity contribution in [3.8, 4) is 0 Å². The first-order chi connectivity index (χ1) is 2.81. The van der Waals surface area contributed by atoms with Gasteiger partial charge >= 0.3 is 37.7 Å². The molecule has 0 spiro atoms. The minimum atomic E-state index is -0.00926. The molecule has 0 aromatic rings. The molecule has 0 aromatic carbocycles. The van der Waals surface area contributed by atoms with Crippen LogP contribution in [0.3, 0.4) is 0 Å². The van der Waals surface area contributed by atoms with Crippen LogP contribution in [0, 0.1) is 0 Å². The summed E-state index contributed by atoms with van der Waals surface area (Å²) in [4.78, 5) is 0. The number of ether oxygens (including phenoxy) is 1. The monoisotopic (exact) mass is 132 g/mol. The zero-order valence-electron chi connectivity index (χ0n) is 6.85. The standard InChI is InChI=1S/C4H10O2.Ca.2H/c1-4(3-5)6-2;;;/h4-5H,3H2,1-2H3;;;/q;+2;2*-1. The van der Waals surface area contributed by atoms with Gasteiger partial charge < -0.3 is 12.7 Å². The van der Waals surface area contributed by atoms with Gasteiger partial charge in [0.25, 0.3) is 0 Å². The van der Waals surface area contributed by atoms with Gasteiger partial charge in [0, 0.05) is 7.11 Å². The maximum absolute atomic E-state index is 8.21. The molecule has 0 amide bonds. The predicted molar refractivity (Wildman–Crippen MR) is 31.5 cm³/mol. The van der Waals surface area contributed by atoms with E-state index in [1.165, 1.54) is 0 Å². The summed E-state index contributed by atoms with van der Waals surface area (Å²) >= 11 is 0. The average molecular weight is 132 g/mol. The molecule has 1 unspecified atom stereocenters. The maximum atomic E-state index is 8.21. The third-order valence-electron chi connectivity index (χ3n) is 0.659. The van der Waals surface area contributed by atoms with Crippen LogP contribution >= 0.6 is 0 Å². The Morgan fingerprint density at radius 2 is 2.29 bits per heavy atom. The summed E-state index contributed by atoms with van der Waals surface area (Å²) in [6.45, 7) is 1.91. The van der Waals surface area contributed by atoms with Gasteiger partial charge in [0.05, 0.1) is 12.7 Å². The Morgan fingerprint density at radius 1 is 1.86 bits per heavy atom. The van der Waals surface area contributed by atoms with Crippen LogP contribution in [-0.2, 0) is 4.74 Å². The van der Waals surface area contributed by atoms with E-state index in [9.17, 15) is 0 Å². The molecule has 0 aromatic heterocycles. The van der Waals surface area contributed by atoms with Gasteiger partial charge in [-0.25, -0.2) is 0 Å². The summed E-state index contributed by atoms with van der Waals surface area (Å²) in [5.41, 5.74) is 0. The quantitative estimate of drug-likeness (QED) is 0.530. The molecule has 0 saturated carbocycles. The van der Waals surface area contributed by atoms with Crippen LogP contribution in [0.25, 0.3) is 0 Å². The molecule has 7 heavy (non-hydrogen) atoms. The molecule has 0 heterocycles. The van der Waals surface area contributed by atoms with Gasteiger partial charge in [-0.3, -0.25) is 0 Å². The van der Waals surface area contributed by atoms with E-state index in [1.807, 2.05) is 0 Å². The van der Waals surface area contributed by atoms with Crippen molar-refractivity contribution in [3.63, 3.8) is 0 Å².